The predicted octanol–water partition coefficient (Wildman–Crippen LogP) is 2.93. The zero-order valence-corrected chi connectivity index (χ0v) is 12.9. The third-order valence-electron chi connectivity index (χ3n) is 3.82. The second-order valence-electron chi connectivity index (χ2n) is 4.81. The van der Waals surface area contributed by atoms with Gasteiger partial charge in [-0.1, -0.05) is 0 Å². The Morgan fingerprint density at radius 3 is 2.05 bits per heavy atom. The number of hydrogen-bond donors (Lipinski definition) is 0. The molecule has 0 aromatic heterocycles. The number of rotatable bonds is 4. The zero-order valence-electron chi connectivity index (χ0n) is 12.9. The van der Waals surface area contributed by atoms with Gasteiger partial charge in [0, 0.05) is 16.7 Å². The summed E-state index contributed by atoms with van der Waals surface area (Å²) in [5.41, 5.74) is 2.65. The molecule has 0 saturated carbocycles. The molecule has 0 radical (unpaired) electrons. The van der Waals surface area contributed by atoms with Crippen molar-refractivity contribution in [2.24, 2.45) is 0 Å². The molecule has 0 atom stereocenters. The Balaban J connectivity index is 2.34. The average molecular weight is 300 g/mol. The van der Waals surface area contributed by atoms with Crippen molar-refractivity contribution in [1.29, 1.82) is 0 Å². The number of methoxy groups -OCH3 is 4. The molecule has 114 valence electrons. The van der Waals surface area contributed by atoms with Gasteiger partial charge in [0.1, 0.15) is 5.75 Å². The first-order valence-corrected chi connectivity index (χ1v) is 6.72. The fraction of sp³-hybridized carbons (Fsp3) is 0.235. The molecule has 0 saturated heterocycles. The number of fused-ring (bicyclic) bond motifs is 3. The summed E-state index contributed by atoms with van der Waals surface area (Å²) < 4.78 is 21.4. The van der Waals surface area contributed by atoms with Gasteiger partial charge in [0.05, 0.1) is 28.4 Å². The highest BCUT2D eigenvalue weighted by atomic mass is 16.5. The Bertz CT molecular complexity index is 764. The average Bonchev–Trinajstić information content (AvgIpc) is 2.84. The van der Waals surface area contributed by atoms with E-state index in [-0.39, 0.29) is 5.78 Å². The number of benzene rings is 2. The summed E-state index contributed by atoms with van der Waals surface area (Å²) >= 11 is 0. The van der Waals surface area contributed by atoms with Crippen molar-refractivity contribution in [1.82, 2.24) is 0 Å². The summed E-state index contributed by atoms with van der Waals surface area (Å²) in [6.45, 7) is 0. The van der Waals surface area contributed by atoms with Gasteiger partial charge in [-0.05, 0) is 29.8 Å². The maximum absolute atomic E-state index is 12.7. The highest BCUT2D eigenvalue weighted by molar-refractivity contribution is 6.23. The van der Waals surface area contributed by atoms with Crippen molar-refractivity contribution in [3.8, 4) is 34.1 Å². The van der Waals surface area contributed by atoms with E-state index in [1.54, 1.807) is 33.5 Å². The van der Waals surface area contributed by atoms with Gasteiger partial charge < -0.3 is 18.9 Å². The SMILES string of the molecule is COc1ccc2c(c1)C(=O)c1cc(OC)c(OC)c(OC)c1-2. The Hall–Kier alpha value is -2.69. The Labute approximate surface area is 128 Å². The molecule has 1 aliphatic rings. The van der Waals surface area contributed by atoms with E-state index in [1.807, 2.05) is 12.1 Å². The molecule has 0 fully saturated rings. The van der Waals surface area contributed by atoms with Gasteiger partial charge in [-0.2, -0.15) is 0 Å². The molecule has 0 N–H and O–H groups in total. The molecule has 2 aromatic rings. The molecule has 0 bridgehead atoms. The first-order chi connectivity index (χ1) is 10.7. The zero-order chi connectivity index (χ0) is 15.9. The maximum Gasteiger partial charge on any atom is 0.203 e. The van der Waals surface area contributed by atoms with E-state index in [0.717, 1.165) is 11.1 Å². The van der Waals surface area contributed by atoms with E-state index >= 15 is 0 Å². The van der Waals surface area contributed by atoms with Crippen LogP contribution in [0.1, 0.15) is 15.9 Å². The molecule has 0 heterocycles. The minimum Gasteiger partial charge on any atom is -0.497 e. The molecule has 0 aliphatic heterocycles. The Morgan fingerprint density at radius 1 is 0.727 bits per heavy atom. The molecule has 5 nitrogen and oxygen atoms in total. The van der Waals surface area contributed by atoms with Crippen molar-refractivity contribution >= 4 is 5.78 Å². The molecular formula is C17H16O5. The lowest BCUT2D eigenvalue weighted by Gasteiger charge is -2.15. The van der Waals surface area contributed by atoms with Crippen LogP contribution < -0.4 is 18.9 Å². The van der Waals surface area contributed by atoms with Crippen molar-refractivity contribution < 1.29 is 23.7 Å². The van der Waals surface area contributed by atoms with Crippen molar-refractivity contribution in [3.05, 3.63) is 35.4 Å². The van der Waals surface area contributed by atoms with E-state index in [9.17, 15) is 4.79 Å². The molecule has 3 rings (SSSR count). The number of hydrogen-bond acceptors (Lipinski definition) is 5. The molecule has 1 aliphatic carbocycles. The summed E-state index contributed by atoms with van der Waals surface area (Å²) in [6.07, 6.45) is 0. The predicted molar refractivity (Wildman–Crippen MR) is 81.5 cm³/mol. The van der Waals surface area contributed by atoms with Gasteiger partial charge in [-0.25, -0.2) is 0 Å². The van der Waals surface area contributed by atoms with Crippen LogP contribution in [0.5, 0.6) is 23.0 Å². The minimum atomic E-state index is -0.0804. The number of ketones is 1. The van der Waals surface area contributed by atoms with Crippen LogP contribution in [-0.2, 0) is 0 Å². The quantitative estimate of drug-likeness (QED) is 0.741. The smallest absolute Gasteiger partial charge is 0.203 e. The van der Waals surface area contributed by atoms with Crippen LogP contribution in [0.3, 0.4) is 0 Å². The highest BCUT2D eigenvalue weighted by Crippen LogP contribution is 2.51. The van der Waals surface area contributed by atoms with E-state index in [4.69, 9.17) is 18.9 Å². The number of carbonyl (C=O) groups excluding carboxylic acids is 1. The maximum atomic E-state index is 12.7. The number of carbonyl (C=O) groups is 1. The van der Waals surface area contributed by atoms with Gasteiger partial charge in [0.25, 0.3) is 0 Å². The summed E-state index contributed by atoms with van der Waals surface area (Å²) in [5, 5.41) is 0. The lowest BCUT2D eigenvalue weighted by atomic mass is 10.0. The monoisotopic (exact) mass is 300 g/mol. The van der Waals surface area contributed by atoms with Crippen LogP contribution >= 0.6 is 0 Å². The van der Waals surface area contributed by atoms with Crippen LogP contribution in [-0.4, -0.2) is 34.2 Å². The molecule has 0 unspecified atom stereocenters. The van der Waals surface area contributed by atoms with Crippen LogP contribution in [0.25, 0.3) is 11.1 Å². The molecule has 0 amide bonds. The van der Waals surface area contributed by atoms with Crippen LogP contribution in [0.4, 0.5) is 0 Å². The number of ether oxygens (including phenoxy) is 4. The third-order valence-corrected chi connectivity index (χ3v) is 3.82. The second kappa shape index (κ2) is 5.26. The Morgan fingerprint density at radius 2 is 1.45 bits per heavy atom. The van der Waals surface area contributed by atoms with E-state index in [1.165, 1.54) is 7.11 Å². The minimum absolute atomic E-state index is 0.0804. The fourth-order valence-corrected chi connectivity index (χ4v) is 2.80. The first-order valence-electron chi connectivity index (χ1n) is 6.72. The third kappa shape index (κ3) is 1.82. The molecule has 0 spiro atoms. The fourth-order valence-electron chi connectivity index (χ4n) is 2.80. The van der Waals surface area contributed by atoms with Crippen molar-refractivity contribution in [3.63, 3.8) is 0 Å². The summed E-state index contributed by atoms with van der Waals surface area (Å²) in [5.74, 6) is 1.99. The van der Waals surface area contributed by atoms with Crippen LogP contribution in [0.2, 0.25) is 0 Å². The van der Waals surface area contributed by atoms with Gasteiger partial charge in [-0.15, -0.1) is 0 Å². The Kier molecular flexibility index (Phi) is 3.41. The van der Waals surface area contributed by atoms with Gasteiger partial charge in [0.15, 0.2) is 17.3 Å². The molecule has 2 aromatic carbocycles. The van der Waals surface area contributed by atoms with Gasteiger partial charge in [0.2, 0.25) is 5.75 Å². The van der Waals surface area contributed by atoms with Crippen molar-refractivity contribution in [2.45, 2.75) is 0 Å². The largest absolute Gasteiger partial charge is 0.497 e. The summed E-state index contributed by atoms with van der Waals surface area (Å²) in [6, 6.07) is 7.09. The van der Waals surface area contributed by atoms with E-state index in [2.05, 4.69) is 0 Å². The topological polar surface area (TPSA) is 54.0 Å². The lowest BCUT2D eigenvalue weighted by Crippen LogP contribution is -2.00. The van der Waals surface area contributed by atoms with Crippen LogP contribution in [0, 0.1) is 0 Å². The first kappa shape index (κ1) is 14.3. The standard InChI is InChI=1S/C17H16O5/c1-19-9-5-6-10-11(7-9)15(18)12-8-13(20-2)16(21-3)17(22-4)14(10)12/h5-8H,1-4H3. The summed E-state index contributed by atoms with van der Waals surface area (Å²) in [7, 11) is 6.18. The summed E-state index contributed by atoms with van der Waals surface area (Å²) in [4.78, 5) is 12.7. The van der Waals surface area contributed by atoms with Gasteiger partial charge in [-0.3, -0.25) is 4.79 Å². The van der Waals surface area contributed by atoms with Crippen LogP contribution in [0.15, 0.2) is 24.3 Å². The molecule has 22 heavy (non-hydrogen) atoms. The lowest BCUT2D eigenvalue weighted by molar-refractivity contribution is 0.104. The molecule has 5 heteroatoms. The van der Waals surface area contributed by atoms with Gasteiger partial charge >= 0.3 is 0 Å². The van der Waals surface area contributed by atoms with Crippen molar-refractivity contribution in [2.75, 3.05) is 28.4 Å². The second-order valence-corrected chi connectivity index (χ2v) is 4.81. The van der Waals surface area contributed by atoms with E-state index in [0.29, 0.717) is 34.1 Å². The highest BCUT2D eigenvalue weighted by Gasteiger charge is 2.33. The normalized spacial score (nSPS) is 11.7. The molecular weight excluding hydrogens is 284 g/mol. The van der Waals surface area contributed by atoms with E-state index < -0.39 is 0 Å².